The minimum atomic E-state index is 0.495. The molecule has 0 saturated carbocycles. The van der Waals surface area contributed by atoms with Crippen molar-refractivity contribution in [1.82, 2.24) is 19.9 Å². The summed E-state index contributed by atoms with van der Waals surface area (Å²) in [5.74, 6) is 1.89. The number of rotatable bonds is 4. The van der Waals surface area contributed by atoms with Crippen LogP contribution in [0, 0.1) is 13.8 Å². The zero-order chi connectivity index (χ0) is 14.8. The maximum absolute atomic E-state index is 5.30. The van der Waals surface area contributed by atoms with Crippen molar-refractivity contribution in [3.05, 3.63) is 47.5 Å². The molecule has 3 aromatic rings. The zero-order valence-electron chi connectivity index (χ0n) is 12.2. The van der Waals surface area contributed by atoms with Gasteiger partial charge in [0.15, 0.2) is 5.82 Å². The van der Waals surface area contributed by atoms with Crippen LogP contribution >= 0.6 is 0 Å². The molecule has 21 heavy (non-hydrogen) atoms. The van der Waals surface area contributed by atoms with E-state index >= 15 is 0 Å². The van der Waals surface area contributed by atoms with Crippen molar-refractivity contribution < 1.29 is 9.26 Å². The van der Waals surface area contributed by atoms with E-state index in [0.717, 1.165) is 22.7 Å². The van der Waals surface area contributed by atoms with Crippen molar-refractivity contribution in [1.29, 1.82) is 0 Å². The van der Waals surface area contributed by atoms with Gasteiger partial charge in [0, 0.05) is 11.3 Å². The van der Waals surface area contributed by atoms with Crippen molar-refractivity contribution in [3.63, 3.8) is 0 Å². The summed E-state index contributed by atoms with van der Waals surface area (Å²) in [6.45, 7) is 4.46. The fraction of sp³-hybridized carbons (Fsp3) is 0.267. The van der Waals surface area contributed by atoms with Gasteiger partial charge in [-0.15, -0.1) is 0 Å². The molecular formula is C15H16N4O2. The van der Waals surface area contributed by atoms with Crippen LogP contribution in [0.15, 0.2) is 34.9 Å². The normalized spacial score (nSPS) is 10.8. The van der Waals surface area contributed by atoms with E-state index in [4.69, 9.17) is 9.26 Å². The smallest absolute Gasteiger partial charge is 0.257 e. The van der Waals surface area contributed by atoms with Gasteiger partial charge in [-0.05, 0) is 44.2 Å². The predicted molar refractivity (Wildman–Crippen MR) is 77.1 cm³/mol. The first-order valence-corrected chi connectivity index (χ1v) is 6.64. The Morgan fingerprint density at radius 2 is 1.95 bits per heavy atom. The summed E-state index contributed by atoms with van der Waals surface area (Å²) < 4.78 is 12.3. The van der Waals surface area contributed by atoms with Crippen LogP contribution in [0.25, 0.3) is 11.5 Å². The van der Waals surface area contributed by atoms with Gasteiger partial charge < -0.3 is 9.26 Å². The lowest BCUT2D eigenvalue weighted by Gasteiger charge is -1.99. The number of benzene rings is 1. The maximum atomic E-state index is 5.30. The van der Waals surface area contributed by atoms with Gasteiger partial charge in [0.1, 0.15) is 12.3 Å². The molecule has 0 unspecified atom stereocenters. The van der Waals surface area contributed by atoms with Crippen LogP contribution in [0.2, 0.25) is 0 Å². The highest BCUT2D eigenvalue weighted by Gasteiger charge is 2.11. The minimum Gasteiger partial charge on any atom is -0.497 e. The lowest BCUT2D eigenvalue weighted by atomic mass is 10.2. The van der Waals surface area contributed by atoms with Gasteiger partial charge in [0.05, 0.1) is 12.8 Å². The number of ether oxygens (including phenoxy) is 1. The molecule has 1 aromatic carbocycles. The molecule has 0 saturated heterocycles. The first-order valence-electron chi connectivity index (χ1n) is 6.64. The Bertz CT molecular complexity index is 743. The molecule has 6 nitrogen and oxygen atoms in total. The molecule has 3 rings (SSSR count). The molecular weight excluding hydrogens is 268 g/mol. The van der Waals surface area contributed by atoms with E-state index in [9.17, 15) is 0 Å². The Morgan fingerprint density at radius 1 is 1.19 bits per heavy atom. The summed E-state index contributed by atoms with van der Waals surface area (Å²) in [5.41, 5.74) is 2.91. The van der Waals surface area contributed by atoms with E-state index in [2.05, 4.69) is 15.2 Å². The van der Waals surface area contributed by atoms with Gasteiger partial charge in [-0.25, -0.2) is 0 Å². The number of hydrogen-bond donors (Lipinski definition) is 0. The van der Waals surface area contributed by atoms with E-state index < -0.39 is 0 Å². The van der Waals surface area contributed by atoms with E-state index in [1.54, 1.807) is 7.11 Å². The third-order valence-electron chi connectivity index (χ3n) is 3.20. The van der Waals surface area contributed by atoms with Crippen LogP contribution in [0.3, 0.4) is 0 Å². The third kappa shape index (κ3) is 2.79. The average molecular weight is 284 g/mol. The van der Waals surface area contributed by atoms with Crippen LogP contribution in [-0.2, 0) is 6.54 Å². The number of methoxy groups -OCH3 is 1. The van der Waals surface area contributed by atoms with E-state index in [1.165, 1.54) is 0 Å². The van der Waals surface area contributed by atoms with Crippen LogP contribution in [0.1, 0.15) is 17.2 Å². The second kappa shape index (κ2) is 5.40. The van der Waals surface area contributed by atoms with Crippen molar-refractivity contribution in [3.8, 4) is 17.2 Å². The third-order valence-corrected chi connectivity index (χ3v) is 3.20. The second-order valence-electron chi connectivity index (χ2n) is 4.83. The molecule has 0 spiro atoms. The molecule has 2 heterocycles. The summed E-state index contributed by atoms with van der Waals surface area (Å²) >= 11 is 0. The van der Waals surface area contributed by atoms with Crippen molar-refractivity contribution >= 4 is 0 Å². The molecule has 0 fully saturated rings. The Labute approximate surface area is 122 Å². The average Bonchev–Trinajstić information content (AvgIpc) is 3.07. The molecule has 0 aliphatic carbocycles. The Hall–Kier alpha value is -2.63. The number of aryl methyl sites for hydroxylation is 2. The highest BCUT2D eigenvalue weighted by atomic mass is 16.5. The van der Waals surface area contributed by atoms with Crippen molar-refractivity contribution in [2.75, 3.05) is 7.11 Å². The quantitative estimate of drug-likeness (QED) is 0.736. The van der Waals surface area contributed by atoms with E-state index in [-0.39, 0.29) is 0 Å². The molecule has 0 aliphatic heterocycles. The highest BCUT2D eigenvalue weighted by Crippen LogP contribution is 2.20. The standard InChI is InChI=1S/C15H16N4O2/c1-10-8-11(2)19(17-10)9-14-16-15(21-18-14)12-4-6-13(20-3)7-5-12/h4-8H,9H2,1-3H3. The van der Waals surface area contributed by atoms with Crippen LogP contribution in [-0.4, -0.2) is 27.0 Å². The number of hydrogen-bond acceptors (Lipinski definition) is 5. The lowest BCUT2D eigenvalue weighted by Crippen LogP contribution is -2.05. The minimum absolute atomic E-state index is 0.495. The van der Waals surface area contributed by atoms with Crippen molar-refractivity contribution in [2.45, 2.75) is 20.4 Å². The molecule has 2 aromatic heterocycles. The Balaban J connectivity index is 1.80. The Morgan fingerprint density at radius 3 is 2.57 bits per heavy atom. The molecule has 0 radical (unpaired) electrons. The van der Waals surface area contributed by atoms with Gasteiger partial charge in [-0.1, -0.05) is 5.16 Å². The fourth-order valence-corrected chi connectivity index (χ4v) is 2.14. The van der Waals surface area contributed by atoms with E-state index in [0.29, 0.717) is 18.3 Å². The molecule has 0 atom stereocenters. The van der Waals surface area contributed by atoms with E-state index in [1.807, 2.05) is 48.9 Å². The van der Waals surface area contributed by atoms with Gasteiger partial charge in [0.2, 0.25) is 0 Å². The summed E-state index contributed by atoms with van der Waals surface area (Å²) in [4.78, 5) is 4.40. The molecule has 0 N–H and O–H groups in total. The SMILES string of the molecule is COc1ccc(-c2nc(Cn3nc(C)cc3C)no2)cc1. The molecule has 0 bridgehead atoms. The molecule has 6 heteroatoms. The molecule has 108 valence electrons. The topological polar surface area (TPSA) is 66.0 Å². The van der Waals surface area contributed by atoms with Gasteiger partial charge in [-0.3, -0.25) is 4.68 Å². The molecule has 0 aliphatic rings. The first kappa shape index (κ1) is 13.4. The Kier molecular flexibility index (Phi) is 3.43. The fourth-order valence-electron chi connectivity index (χ4n) is 2.14. The summed E-state index contributed by atoms with van der Waals surface area (Å²) in [6.07, 6.45) is 0. The number of aromatic nitrogens is 4. The largest absolute Gasteiger partial charge is 0.497 e. The highest BCUT2D eigenvalue weighted by molar-refractivity contribution is 5.54. The summed E-state index contributed by atoms with van der Waals surface area (Å²) in [5, 5.41) is 8.39. The van der Waals surface area contributed by atoms with Gasteiger partial charge in [0.25, 0.3) is 5.89 Å². The van der Waals surface area contributed by atoms with Gasteiger partial charge in [-0.2, -0.15) is 10.1 Å². The lowest BCUT2D eigenvalue weighted by molar-refractivity contribution is 0.413. The number of nitrogens with zero attached hydrogens (tertiary/aromatic N) is 4. The predicted octanol–water partition coefficient (Wildman–Crippen LogP) is 2.61. The maximum Gasteiger partial charge on any atom is 0.257 e. The van der Waals surface area contributed by atoms with Crippen LogP contribution in [0.4, 0.5) is 0 Å². The summed E-state index contributed by atoms with van der Waals surface area (Å²) in [6, 6.07) is 9.52. The molecule has 0 amide bonds. The zero-order valence-corrected chi connectivity index (χ0v) is 12.2. The second-order valence-corrected chi connectivity index (χ2v) is 4.83. The monoisotopic (exact) mass is 284 g/mol. The van der Waals surface area contributed by atoms with Crippen molar-refractivity contribution in [2.24, 2.45) is 0 Å². The van der Waals surface area contributed by atoms with Crippen LogP contribution < -0.4 is 4.74 Å². The summed E-state index contributed by atoms with van der Waals surface area (Å²) in [7, 11) is 1.63. The van der Waals surface area contributed by atoms with Gasteiger partial charge >= 0.3 is 0 Å². The first-order chi connectivity index (χ1) is 10.2. The van der Waals surface area contributed by atoms with Crippen LogP contribution in [0.5, 0.6) is 5.75 Å².